The van der Waals surface area contributed by atoms with Gasteiger partial charge >= 0.3 is 0 Å². The lowest BCUT2D eigenvalue weighted by Crippen LogP contribution is -2.03. The topological polar surface area (TPSA) is 109 Å². The second kappa shape index (κ2) is 14.9. The molecule has 0 bridgehead atoms. The summed E-state index contributed by atoms with van der Waals surface area (Å²) >= 11 is 0. The molecule has 2 N–H and O–H groups in total. The number of rotatable bonds is 9. The van der Waals surface area contributed by atoms with Crippen LogP contribution in [0.25, 0.3) is 5.57 Å². The van der Waals surface area contributed by atoms with Crippen LogP contribution in [0.3, 0.4) is 0 Å². The summed E-state index contributed by atoms with van der Waals surface area (Å²) in [5, 5.41) is 0. The molecular formula is C31H32O6S2. The first-order valence-electron chi connectivity index (χ1n) is 11.9. The van der Waals surface area contributed by atoms with E-state index in [-0.39, 0.29) is 9.80 Å². The molecule has 3 rings (SSSR count). The van der Waals surface area contributed by atoms with Crippen LogP contribution in [0.5, 0.6) is 0 Å². The Morgan fingerprint density at radius 2 is 1.62 bits per heavy atom. The van der Waals surface area contributed by atoms with Gasteiger partial charge in [-0.1, -0.05) is 122 Å². The SMILES string of the molecule is C=C/C=C(C=C)\C(=C/C)S(=O)(=O)O.O=S(=O)(O)c1ccccc1CC=CC1=CC=C(c2ccccc2)C=CC1. The van der Waals surface area contributed by atoms with Crippen LogP contribution in [0.15, 0.2) is 149 Å². The first kappa shape index (κ1) is 31.4. The van der Waals surface area contributed by atoms with E-state index in [0.717, 1.165) is 17.6 Å². The first-order chi connectivity index (χ1) is 18.5. The molecule has 0 unspecified atom stereocenters. The molecule has 0 aliphatic heterocycles. The molecule has 0 amide bonds. The minimum atomic E-state index is -4.20. The predicted octanol–water partition coefficient (Wildman–Crippen LogP) is 7.08. The van der Waals surface area contributed by atoms with Crippen LogP contribution < -0.4 is 0 Å². The van der Waals surface area contributed by atoms with Crippen molar-refractivity contribution in [3.63, 3.8) is 0 Å². The Hall–Kier alpha value is -3.82. The molecule has 0 aromatic heterocycles. The zero-order chi connectivity index (χ0) is 28.9. The standard InChI is InChI=1S/C22H20O3S.C9H12O3S/c23-26(24,25)22-15-5-4-12-21(22)14-7-9-18-8-6-13-20(17-16-18)19-10-2-1-3-11-19;1-4-7-8(5-2)9(6-3)13(10,11)12/h1-7,9-13,15-17H,8,14H2,(H,23,24,25);4-7H,1-2H2,3H3,(H,10,11,12)/b;8-7-,9-6+. The molecule has 0 spiro atoms. The third-order valence-corrected chi connectivity index (χ3v) is 7.48. The third-order valence-electron chi connectivity index (χ3n) is 5.50. The molecule has 2 aromatic rings. The van der Waals surface area contributed by atoms with Crippen molar-refractivity contribution < 1.29 is 25.9 Å². The highest BCUT2D eigenvalue weighted by molar-refractivity contribution is 7.90. The van der Waals surface area contributed by atoms with Crippen molar-refractivity contribution in [2.24, 2.45) is 0 Å². The van der Waals surface area contributed by atoms with E-state index in [4.69, 9.17) is 4.55 Å². The van der Waals surface area contributed by atoms with E-state index in [1.807, 2.05) is 30.4 Å². The molecule has 0 saturated carbocycles. The van der Waals surface area contributed by atoms with Crippen molar-refractivity contribution in [1.29, 1.82) is 0 Å². The van der Waals surface area contributed by atoms with E-state index in [9.17, 15) is 21.4 Å². The van der Waals surface area contributed by atoms with Crippen molar-refractivity contribution in [3.05, 3.63) is 156 Å². The largest absolute Gasteiger partial charge is 0.294 e. The highest BCUT2D eigenvalue weighted by Crippen LogP contribution is 2.22. The van der Waals surface area contributed by atoms with Gasteiger partial charge in [0.2, 0.25) is 0 Å². The molecule has 0 fully saturated rings. The van der Waals surface area contributed by atoms with Gasteiger partial charge in [0.15, 0.2) is 0 Å². The van der Waals surface area contributed by atoms with E-state index >= 15 is 0 Å². The maximum absolute atomic E-state index is 11.4. The van der Waals surface area contributed by atoms with Gasteiger partial charge < -0.3 is 0 Å². The molecule has 2 aromatic carbocycles. The Morgan fingerprint density at radius 1 is 0.949 bits per heavy atom. The normalized spacial score (nSPS) is 14.5. The van der Waals surface area contributed by atoms with Crippen LogP contribution >= 0.6 is 0 Å². The molecule has 1 aliphatic rings. The molecular weight excluding hydrogens is 532 g/mol. The molecule has 0 atom stereocenters. The van der Waals surface area contributed by atoms with Gasteiger partial charge in [0.1, 0.15) is 0 Å². The van der Waals surface area contributed by atoms with E-state index in [1.165, 1.54) is 42.9 Å². The van der Waals surface area contributed by atoms with E-state index in [1.54, 1.807) is 18.2 Å². The van der Waals surface area contributed by atoms with Gasteiger partial charge in [-0.25, -0.2) is 0 Å². The fourth-order valence-electron chi connectivity index (χ4n) is 3.69. The maximum Gasteiger partial charge on any atom is 0.294 e. The van der Waals surface area contributed by atoms with Crippen molar-refractivity contribution in [1.82, 2.24) is 0 Å². The number of hydrogen-bond donors (Lipinski definition) is 2. The van der Waals surface area contributed by atoms with Gasteiger partial charge in [-0.05, 0) is 53.7 Å². The van der Waals surface area contributed by atoms with Crippen LogP contribution in [-0.4, -0.2) is 25.9 Å². The molecule has 0 saturated heterocycles. The van der Waals surface area contributed by atoms with Crippen molar-refractivity contribution in [2.75, 3.05) is 0 Å². The van der Waals surface area contributed by atoms with Gasteiger partial charge in [0.25, 0.3) is 20.2 Å². The molecule has 0 radical (unpaired) electrons. The van der Waals surface area contributed by atoms with E-state index in [2.05, 4.69) is 49.6 Å². The molecule has 0 heterocycles. The van der Waals surface area contributed by atoms with E-state index in [0.29, 0.717) is 17.6 Å². The first-order valence-corrected chi connectivity index (χ1v) is 14.8. The molecule has 204 valence electrons. The lowest BCUT2D eigenvalue weighted by molar-refractivity contribution is 0.482. The maximum atomic E-state index is 11.4. The Kier molecular flexibility index (Phi) is 12.0. The Balaban J connectivity index is 0.000000349. The van der Waals surface area contributed by atoms with Crippen LogP contribution in [0.4, 0.5) is 0 Å². The van der Waals surface area contributed by atoms with Crippen LogP contribution in [0.2, 0.25) is 0 Å². The summed E-state index contributed by atoms with van der Waals surface area (Å²) in [7, 11) is -8.38. The highest BCUT2D eigenvalue weighted by Gasteiger charge is 2.15. The number of hydrogen-bond acceptors (Lipinski definition) is 4. The zero-order valence-electron chi connectivity index (χ0n) is 21.6. The fourth-order valence-corrected chi connectivity index (χ4v) is 5.17. The summed E-state index contributed by atoms with van der Waals surface area (Å²) in [6, 6.07) is 16.7. The summed E-state index contributed by atoms with van der Waals surface area (Å²) in [6.45, 7) is 8.37. The lowest BCUT2D eigenvalue weighted by Gasteiger charge is -2.04. The molecule has 6 nitrogen and oxygen atoms in total. The van der Waals surface area contributed by atoms with Crippen LogP contribution in [-0.2, 0) is 26.7 Å². The fraction of sp³-hybridized carbons (Fsp3) is 0.0968. The summed E-state index contributed by atoms with van der Waals surface area (Å²) in [6.07, 6.45) is 19.1. The number of allylic oxidation sites excluding steroid dienone is 13. The minimum Gasteiger partial charge on any atom is -0.282 e. The van der Waals surface area contributed by atoms with E-state index < -0.39 is 20.2 Å². The smallest absolute Gasteiger partial charge is 0.282 e. The summed E-state index contributed by atoms with van der Waals surface area (Å²) in [5.74, 6) is 0. The quantitative estimate of drug-likeness (QED) is 0.249. The second-order valence-corrected chi connectivity index (χ2v) is 11.0. The Labute approximate surface area is 231 Å². The molecule has 1 aliphatic carbocycles. The molecule has 8 heteroatoms. The van der Waals surface area contributed by atoms with Crippen molar-refractivity contribution in [3.8, 4) is 0 Å². The Morgan fingerprint density at radius 3 is 2.21 bits per heavy atom. The predicted molar refractivity (Wildman–Crippen MR) is 159 cm³/mol. The number of benzene rings is 2. The van der Waals surface area contributed by atoms with Gasteiger partial charge in [-0.2, -0.15) is 16.8 Å². The van der Waals surface area contributed by atoms with Gasteiger partial charge in [0, 0.05) is 0 Å². The van der Waals surface area contributed by atoms with Gasteiger partial charge in [-0.15, -0.1) is 0 Å². The lowest BCUT2D eigenvalue weighted by atomic mass is 10.1. The van der Waals surface area contributed by atoms with Crippen LogP contribution in [0, 0.1) is 0 Å². The zero-order valence-corrected chi connectivity index (χ0v) is 23.3. The van der Waals surface area contributed by atoms with Crippen molar-refractivity contribution >= 4 is 25.8 Å². The van der Waals surface area contributed by atoms with Crippen LogP contribution in [0.1, 0.15) is 24.5 Å². The monoisotopic (exact) mass is 564 g/mol. The average Bonchev–Trinajstić information content (AvgIpc) is 3.14. The third kappa shape index (κ3) is 10.1. The van der Waals surface area contributed by atoms with Crippen molar-refractivity contribution in [2.45, 2.75) is 24.7 Å². The highest BCUT2D eigenvalue weighted by atomic mass is 32.2. The summed E-state index contributed by atoms with van der Waals surface area (Å²) < 4.78 is 62.6. The van der Waals surface area contributed by atoms with Gasteiger partial charge in [0.05, 0.1) is 9.80 Å². The molecule has 39 heavy (non-hydrogen) atoms. The Bertz CT molecular complexity index is 1570. The summed E-state index contributed by atoms with van der Waals surface area (Å²) in [5.41, 5.74) is 4.37. The second-order valence-electron chi connectivity index (χ2n) is 8.22. The van der Waals surface area contributed by atoms with Gasteiger partial charge in [-0.3, -0.25) is 9.11 Å². The summed E-state index contributed by atoms with van der Waals surface area (Å²) in [4.78, 5) is -0.201. The average molecular weight is 565 g/mol. The minimum absolute atomic E-state index is 0.0364.